The first-order valence-corrected chi connectivity index (χ1v) is 3.69. The van der Waals surface area contributed by atoms with Crippen LogP contribution in [0, 0.1) is 10.1 Å². The van der Waals surface area contributed by atoms with E-state index >= 15 is 0 Å². The Hall–Kier alpha value is -2.65. The lowest BCUT2D eigenvalue weighted by Gasteiger charge is -1.94. The zero-order valence-corrected chi connectivity index (χ0v) is 7.18. The molecule has 2 aromatic rings. The number of aromatic nitrogens is 6. The fraction of sp³-hybridized carbons (Fsp3) is 0. The Balaban J connectivity index is 2.37. The van der Waals surface area contributed by atoms with Gasteiger partial charge in [0, 0.05) is 0 Å². The van der Waals surface area contributed by atoms with Crippen molar-refractivity contribution in [3.05, 3.63) is 22.5 Å². The maximum Gasteiger partial charge on any atom is 0.307 e. The van der Waals surface area contributed by atoms with E-state index in [0.29, 0.717) is 0 Å². The van der Waals surface area contributed by atoms with Crippen LogP contribution in [0.1, 0.15) is 0 Å². The molecule has 0 bridgehead atoms. The van der Waals surface area contributed by atoms with Crippen LogP contribution in [0.2, 0.25) is 0 Å². The molecule has 0 aliphatic carbocycles. The van der Waals surface area contributed by atoms with Gasteiger partial charge in [0.1, 0.15) is 12.4 Å². The molecule has 0 saturated heterocycles. The van der Waals surface area contributed by atoms with Gasteiger partial charge in [-0.25, -0.2) is 0 Å². The molecule has 0 unspecified atom stereocenters. The van der Waals surface area contributed by atoms with Gasteiger partial charge < -0.3 is 5.73 Å². The van der Waals surface area contributed by atoms with Crippen LogP contribution in [0.3, 0.4) is 0 Å². The lowest BCUT2D eigenvalue weighted by molar-refractivity contribution is -0.384. The second-order valence-electron chi connectivity index (χ2n) is 2.46. The van der Waals surface area contributed by atoms with Crippen molar-refractivity contribution in [1.29, 1.82) is 0 Å². The third-order valence-electron chi connectivity index (χ3n) is 1.47. The summed E-state index contributed by atoms with van der Waals surface area (Å²) in [4.78, 5) is 9.78. The largest absolute Gasteiger partial charge is 0.365 e. The van der Waals surface area contributed by atoms with E-state index in [9.17, 15) is 10.1 Å². The monoisotopic (exact) mass is 208 g/mol. The van der Waals surface area contributed by atoms with Gasteiger partial charge in [-0.3, -0.25) is 10.1 Å². The predicted molar refractivity (Wildman–Crippen MR) is 45.8 cm³/mol. The molecule has 2 aromatic heterocycles. The van der Waals surface area contributed by atoms with E-state index in [1.54, 1.807) is 0 Å². The third kappa shape index (κ3) is 1.67. The highest BCUT2D eigenvalue weighted by Gasteiger charge is 2.11. The molecule has 0 aromatic carbocycles. The number of nitrogens with two attached hydrogens (primary N) is 1. The van der Waals surface area contributed by atoms with E-state index in [-0.39, 0.29) is 17.6 Å². The summed E-state index contributed by atoms with van der Waals surface area (Å²) in [5.41, 5.74) is 5.00. The molecule has 0 fully saturated rings. The van der Waals surface area contributed by atoms with E-state index in [1.807, 2.05) is 0 Å². The maximum atomic E-state index is 10.4. The Bertz CT molecular complexity index is 490. The van der Waals surface area contributed by atoms with Gasteiger partial charge in [0.2, 0.25) is 0 Å². The molecule has 15 heavy (non-hydrogen) atoms. The van der Waals surface area contributed by atoms with Gasteiger partial charge in [-0.15, -0.1) is 20.4 Å². The molecule has 10 heteroatoms. The molecule has 0 atom stereocenters. The molecule has 10 nitrogen and oxygen atoms in total. The molecule has 2 N–H and O–H groups in total. The maximum absolute atomic E-state index is 10.4. The van der Waals surface area contributed by atoms with Crippen LogP contribution >= 0.6 is 0 Å². The standard InChI is InChI=1S/C5H4N8O2/c6-4-8-10-5(11-9-4)12-2-3(1-7-12)13(14)15/h1-2H,(H2,6,8,9). The SMILES string of the molecule is Nc1nnc(-n2cc([N+](=O)[O-])cn2)nn1. The summed E-state index contributed by atoms with van der Waals surface area (Å²) in [6, 6.07) is 0. The number of nitro groups is 1. The lowest BCUT2D eigenvalue weighted by atomic mass is 10.6. The summed E-state index contributed by atoms with van der Waals surface area (Å²) in [5, 5.41) is 28.0. The van der Waals surface area contributed by atoms with Gasteiger partial charge in [0.25, 0.3) is 11.9 Å². The minimum Gasteiger partial charge on any atom is -0.365 e. The van der Waals surface area contributed by atoms with Gasteiger partial charge in [-0.05, 0) is 0 Å². The number of hydrogen-bond acceptors (Lipinski definition) is 8. The van der Waals surface area contributed by atoms with Crippen LogP contribution in [0.5, 0.6) is 0 Å². The molecule has 0 spiro atoms. The first kappa shape index (κ1) is 8.93. The number of rotatable bonds is 2. The van der Waals surface area contributed by atoms with Crippen molar-refractivity contribution in [3.63, 3.8) is 0 Å². The van der Waals surface area contributed by atoms with Crippen LogP contribution in [-0.4, -0.2) is 35.1 Å². The first-order chi connectivity index (χ1) is 7.16. The van der Waals surface area contributed by atoms with Gasteiger partial charge in [0.05, 0.1) is 4.92 Å². The zero-order chi connectivity index (χ0) is 10.8. The fourth-order valence-electron chi connectivity index (χ4n) is 0.841. The second kappa shape index (κ2) is 3.25. The third-order valence-corrected chi connectivity index (χ3v) is 1.47. The zero-order valence-electron chi connectivity index (χ0n) is 7.18. The summed E-state index contributed by atoms with van der Waals surface area (Å²) in [7, 11) is 0. The van der Waals surface area contributed by atoms with Gasteiger partial charge in [-0.2, -0.15) is 9.78 Å². The van der Waals surface area contributed by atoms with Crippen LogP contribution < -0.4 is 5.73 Å². The molecular weight excluding hydrogens is 204 g/mol. The predicted octanol–water partition coefficient (Wildman–Crippen LogP) is -1.06. The number of nitrogen functional groups attached to an aromatic ring is 1. The number of anilines is 1. The normalized spacial score (nSPS) is 10.1. The fourth-order valence-corrected chi connectivity index (χ4v) is 0.841. The molecular formula is C5H4N8O2. The minimum atomic E-state index is -0.582. The van der Waals surface area contributed by atoms with Crippen molar-refractivity contribution >= 4 is 11.6 Å². The summed E-state index contributed by atoms with van der Waals surface area (Å²) >= 11 is 0. The topological polar surface area (TPSA) is 139 Å². The van der Waals surface area contributed by atoms with E-state index in [2.05, 4.69) is 25.5 Å². The highest BCUT2D eigenvalue weighted by molar-refractivity contribution is 5.24. The molecule has 2 heterocycles. The lowest BCUT2D eigenvalue weighted by Crippen LogP contribution is -2.07. The van der Waals surface area contributed by atoms with E-state index in [4.69, 9.17) is 5.73 Å². The van der Waals surface area contributed by atoms with Crippen molar-refractivity contribution in [2.45, 2.75) is 0 Å². The van der Waals surface area contributed by atoms with E-state index < -0.39 is 4.92 Å². The second-order valence-corrected chi connectivity index (χ2v) is 2.46. The highest BCUT2D eigenvalue weighted by Crippen LogP contribution is 2.09. The van der Waals surface area contributed by atoms with Crippen molar-refractivity contribution in [1.82, 2.24) is 30.2 Å². The molecule has 0 aliphatic heterocycles. The highest BCUT2D eigenvalue weighted by atomic mass is 16.6. The van der Waals surface area contributed by atoms with Gasteiger partial charge in [0.15, 0.2) is 0 Å². The summed E-state index contributed by atoms with van der Waals surface area (Å²) in [5.74, 6) is -0.0716. The van der Waals surface area contributed by atoms with Crippen molar-refractivity contribution in [2.24, 2.45) is 0 Å². The molecule has 0 saturated carbocycles. The first-order valence-electron chi connectivity index (χ1n) is 3.69. The quantitative estimate of drug-likeness (QED) is 0.486. The van der Waals surface area contributed by atoms with Crippen LogP contribution in [0.25, 0.3) is 5.95 Å². The molecule has 0 radical (unpaired) electrons. The smallest absolute Gasteiger partial charge is 0.307 e. The summed E-state index contributed by atoms with van der Waals surface area (Å²) in [6.45, 7) is 0. The summed E-state index contributed by atoms with van der Waals surface area (Å²) < 4.78 is 1.08. The van der Waals surface area contributed by atoms with Crippen LogP contribution in [-0.2, 0) is 0 Å². The molecule has 0 aliphatic rings. The van der Waals surface area contributed by atoms with E-state index in [0.717, 1.165) is 17.1 Å². The number of hydrogen-bond donors (Lipinski definition) is 1. The Morgan fingerprint density at radius 2 is 2.00 bits per heavy atom. The average molecular weight is 208 g/mol. The average Bonchev–Trinajstić information content (AvgIpc) is 2.68. The Kier molecular flexibility index (Phi) is 1.93. The number of nitrogens with zero attached hydrogens (tertiary/aromatic N) is 7. The minimum absolute atomic E-state index is 0.0114. The van der Waals surface area contributed by atoms with Crippen LogP contribution in [0.15, 0.2) is 12.4 Å². The Morgan fingerprint density at radius 3 is 2.53 bits per heavy atom. The molecule has 0 amide bonds. The van der Waals surface area contributed by atoms with Gasteiger partial charge in [-0.1, -0.05) is 0 Å². The Labute approximate surface area is 81.9 Å². The van der Waals surface area contributed by atoms with E-state index in [1.165, 1.54) is 0 Å². The Morgan fingerprint density at radius 1 is 1.33 bits per heavy atom. The van der Waals surface area contributed by atoms with Gasteiger partial charge >= 0.3 is 5.69 Å². The van der Waals surface area contributed by atoms with Crippen molar-refractivity contribution < 1.29 is 4.92 Å². The van der Waals surface area contributed by atoms with Crippen molar-refractivity contribution in [2.75, 3.05) is 5.73 Å². The molecule has 2 rings (SSSR count). The van der Waals surface area contributed by atoms with Crippen LogP contribution in [0.4, 0.5) is 11.6 Å². The summed E-state index contributed by atoms with van der Waals surface area (Å²) in [6.07, 6.45) is 2.22. The molecule has 76 valence electrons. The van der Waals surface area contributed by atoms with Crippen molar-refractivity contribution in [3.8, 4) is 5.95 Å².